The van der Waals surface area contributed by atoms with E-state index in [-0.39, 0.29) is 5.78 Å². The normalized spacial score (nSPS) is 19.2. The second-order valence-corrected chi connectivity index (χ2v) is 4.19. The molecule has 0 fully saturated rings. The van der Waals surface area contributed by atoms with Gasteiger partial charge < -0.3 is 4.74 Å². The van der Waals surface area contributed by atoms with E-state index in [0.717, 1.165) is 11.3 Å². The Kier molecular flexibility index (Phi) is 3.55. The second-order valence-electron chi connectivity index (χ2n) is 4.19. The summed E-state index contributed by atoms with van der Waals surface area (Å²) in [5.74, 6) is -1.27. The average Bonchev–Trinajstić information content (AvgIpc) is 2.68. The van der Waals surface area contributed by atoms with E-state index in [9.17, 15) is 9.59 Å². The van der Waals surface area contributed by atoms with Crippen LogP contribution in [-0.2, 0) is 14.3 Å². The molecule has 1 aliphatic carbocycles. The van der Waals surface area contributed by atoms with E-state index in [0.29, 0.717) is 18.6 Å². The van der Waals surface area contributed by atoms with Crippen molar-refractivity contribution in [1.29, 1.82) is 0 Å². The predicted molar refractivity (Wildman–Crippen MR) is 66.6 cm³/mol. The standard InChI is InChI=1S/C14H15NO3/c1-3-18-14(17)11-8-10(9(2)13(11)16)12-6-4-5-7-15-12/h4-7,11H,3,8H2,1-2H3. The average molecular weight is 245 g/mol. The van der Waals surface area contributed by atoms with Gasteiger partial charge in [0.2, 0.25) is 0 Å². The molecule has 0 bridgehead atoms. The minimum Gasteiger partial charge on any atom is -0.465 e. The number of rotatable bonds is 3. The molecule has 1 atom stereocenters. The molecule has 0 radical (unpaired) electrons. The summed E-state index contributed by atoms with van der Waals surface area (Å²) in [6.45, 7) is 3.77. The number of nitrogens with zero attached hydrogens (tertiary/aromatic N) is 1. The molecule has 0 saturated carbocycles. The van der Waals surface area contributed by atoms with Gasteiger partial charge in [0.1, 0.15) is 5.92 Å². The van der Waals surface area contributed by atoms with Gasteiger partial charge >= 0.3 is 5.97 Å². The summed E-state index contributed by atoms with van der Waals surface area (Å²) in [6, 6.07) is 5.53. The van der Waals surface area contributed by atoms with Gasteiger partial charge in [0, 0.05) is 6.20 Å². The number of esters is 1. The molecule has 0 amide bonds. The number of ether oxygens (including phenoxy) is 1. The maximum Gasteiger partial charge on any atom is 0.317 e. The highest BCUT2D eigenvalue weighted by atomic mass is 16.5. The zero-order chi connectivity index (χ0) is 13.1. The topological polar surface area (TPSA) is 56.3 Å². The number of Topliss-reactive ketones (excluding diaryl/α,β-unsaturated/α-hetero) is 1. The molecule has 0 spiro atoms. The molecular formula is C14H15NO3. The summed E-state index contributed by atoms with van der Waals surface area (Å²) in [7, 11) is 0. The lowest BCUT2D eigenvalue weighted by molar-refractivity contribution is -0.150. The highest BCUT2D eigenvalue weighted by Gasteiger charge is 2.37. The summed E-state index contributed by atoms with van der Waals surface area (Å²) in [4.78, 5) is 27.9. The molecule has 1 heterocycles. The molecule has 1 aromatic heterocycles. The van der Waals surface area contributed by atoms with Crippen LogP contribution in [0.5, 0.6) is 0 Å². The Balaban J connectivity index is 2.25. The Labute approximate surface area is 106 Å². The maximum absolute atomic E-state index is 12.0. The van der Waals surface area contributed by atoms with Crippen molar-refractivity contribution in [2.24, 2.45) is 5.92 Å². The lowest BCUT2D eigenvalue weighted by atomic mass is 10.0. The molecule has 2 rings (SSSR count). The first-order valence-corrected chi connectivity index (χ1v) is 5.97. The number of pyridine rings is 1. The zero-order valence-electron chi connectivity index (χ0n) is 10.5. The van der Waals surface area contributed by atoms with E-state index < -0.39 is 11.9 Å². The fourth-order valence-electron chi connectivity index (χ4n) is 2.13. The maximum atomic E-state index is 12.0. The molecule has 0 aromatic carbocycles. The number of aromatic nitrogens is 1. The highest BCUT2D eigenvalue weighted by molar-refractivity contribution is 6.16. The van der Waals surface area contributed by atoms with E-state index in [1.54, 1.807) is 20.0 Å². The van der Waals surface area contributed by atoms with Crippen LogP contribution in [0.25, 0.3) is 5.57 Å². The van der Waals surface area contributed by atoms with Crippen LogP contribution in [0.2, 0.25) is 0 Å². The van der Waals surface area contributed by atoms with Crippen LogP contribution in [0.1, 0.15) is 26.0 Å². The van der Waals surface area contributed by atoms with Gasteiger partial charge in [-0.15, -0.1) is 0 Å². The number of allylic oxidation sites excluding steroid dienone is 2. The molecule has 4 nitrogen and oxygen atoms in total. The Hall–Kier alpha value is -1.97. The van der Waals surface area contributed by atoms with Crippen molar-refractivity contribution in [2.45, 2.75) is 20.3 Å². The van der Waals surface area contributed by atoms with Crippen molar-refractivity contribution in [2.75, 3.05) is 6.61 Å². The van der Waals surface area contributed by atoms with Gasteiger partial charge in [0.25, 0.3) is 0 Å². The summed E-state index contributed by atoms with van der Waals surface area (Å²) in [6.07, 6.45) is 2.07. The molecule has 1 aromatic rings. The summed E-state index contributed by atoms with van der Waals surface area (Å²) in [5, 5.41) is 0. The number of hydrogen-bond donors (Lipinski definition) is 0. The van der Waals surface area contributed by atoms with Crippen molar-refractivity contribution >= 4 is 17.3 Å². The van der Waals surface area contributed by atoms with E-state index in [1.165, 1.54) is 0 Å². The number of ketones is 1. The van der Waals surface area contributed by atoms with Crippen LogP contribution in [-0.4, -0.2) is 23.3 Å². The fourth-order valence-corrected chi connectivity index (χ4v) is 2.13. The van der Waals surface area contributed by atoms with Gasteiger partial charge in [-0.25, -0.2) is 0 Å². The quantitative estimate of drug-likeness (QED) is 0.603. The Morgan fingerprint density at radius 2 is 2.28 bits per heavy atom. The van der Waals surface area contributed by atoms with Crippen LogP contribution in [0.3, 0.4) is 0 Å². The third-order valence-corrected chi connectivity index (χ3v) is 3.09. The van der Waals surface area contributed by atoms with Crippen molar-refractivity contribution in [3.63, 3.8) is 0 Å². The molecule has 0 N–H and O–H groups in total. The van der Waals surface area contributed by atoms with Crippen molar-refractivity contribution in [1.82, 2.24) is 4.98 Å². The fraction of sp³-hybridized carbons (Fsp3) is 0.357. The van der Waals surface area contributed by atoms with Crippen LogP contribution in [0.15, 0.2) is 30.0 Å². The van der Waals surface area contributed by atoms with Gasteiger partial charge in [0.05, 0.1) is 12.3 Å². The van der Waals surface area contributed by atoms with Crippen molar-refractivity contribution in [3.8, 4) is 0 Å². The number of hydrogen-bond acceptors (Lipinski definition) is 4. The minimum atomic E-state index is -0.693. The first-order valence-electron chi connectivity index (χ1n) is 5.97. The van der Waals surface area contributed by atoms with Crippen LogP contribution < -0.4 is 0 Å². The molecule has 1 aliphatic rings. The largest absolute Gasteiger partial charge is 0.465 e. The molecule has 0 aliphatic heterocycles. The molecule has 18 heavy (non-hydrogen) atoms. The second kappa shape index (κ2) is 5.12. The van der Waals surface area contributed by atoms with Gasteiger partial charge in [-0.3, -0.25) is 14.6 Å². The van der Waals surface area contributed by atoms with E-state index in [1.807, 2.05) is 18.2 Å². The summed E-state index contributed by atoms with van der Waals surface area (Å²) in [5.41, 5.74) is 2.22. The van der Waals surface area contributed by atoms with Crippen LogP contribution in [0, 0.1) is 5.92 Å². The molecule has 94 valence electrons. The van der Waals surface area contributed by atoms with Gasteiger partial charge in [0.15, 0.2) is 5.78 Å². The molecular weight excluding hydrogens is 230 g/mol. The highest BCUT2D eigenvalue weighted by Crippen LogP contribution is 2.34. The Morgan fingerprint density at radius 1 is 1.50 bits per heavy atom. The SMILES string of the molecule is CCOC(=O)C1CC(c2ccccn2)=C(C)C1=O. The van der Waals surface area contributed by atoms with E-state index in [2.05, 4.69) is 4.98 Å². The first-order chi connectivity index (χ1) is 8.65. The van der Waals surface area contributed by atoms with E-state index in [4.69, 9.17) is 4.74 Å². The smallest absolute Gasteiger partial charge is 0.317 e. The molecule has 1 unspecified atom stereocenters. The van der Waals surface area contributed by atoms with Crippen molar-refractivity contribution in [3.05, 3.63) is 35.7 Å². The Bertz CT molecular complexity index is 505. The van der Waals surface area contributed by atoms with Crippen LogP contribution >= 0.6 is 0 Å². The lowest BCUT2D eigenvalue weighted by Gasteiger charge is -2.07. The summed E-state index contributed by atoms with van der Waals surface area (Å²) >= 11 is 0. The van der Waals surface area contributed by atoms with Crippen LogP contribution in [0.4, 0.5) is 0 Å². The third-order valence-electron chi connectivity index (χ3n) is 3.09. The Morgan fingerprint density at radius 3 is 2.89 bits per heavy atom. The minimum absolute atomic E-state index is 0.144. The predicted octanol–water partition coefficient (Wildman–Crippen LogP) is 2.01. The number of carbonyl (C=O) groups excluding carboxylic acids is 2. The van der Waals surface area contributed by atoms with Gasteiger partial charge in [-0.2, -0.15) is 0 Å². The van der Waals surface area contributed by atoms with Gasteiger partial charge in [-0.05, 0) is 43.5 Å². The monoisotopic (exact) mass is 245 g/mol. The first kappa shape index (κ1) is 12.5. The molecule has 4 heteroatoms. The zero-order valence-corrected chi connectivity index (χ0v) is 10.5. The van der Waals surface area contributed by atoms with Gasteiger partial charge in [-0.1, -0.05) is 6.07 Å². The lowest BCUT2D eigenvalue weighted by Crippen LogP contribution is -2.22. The third kappa shape index (κ3) is 2.18. The molecule has 0 saturated heterocycles. The summed E-state index contributed by atoms with van der Waals surface area (Å²) < 4.78 is 4.92. The number of carbonyl (C=O) groups is 2. The van der Waals surface area contributed by atoms with E-state index >= 15 is 0 Å². The van der Waals surface area contributed by atoms with Crippen molar-refractivity contribution < 1.29 is 14.3 Å².